The number of hydrogen-bond acceptors (Lipinski definition) is 4. The third-order valence-electron chi connectivity index (χ3n) is 4.72. The van der Waals surface area contributed by atoms with Crippen LogP contribution in [0.1, 0.15) is 17.3 Å². The summed E-state index contributed by atoms with van der Waals surface area (Å²) in [5, 5.41) is 9.91. The molecule has 0 spiro atoms. The highest BCUT2D eigenvalue weighted by molar-refractivity contribution is 5.93. The van der Waals surface area contributed by atoms with Crippen molar-refractivity contribution in [3.05, 3.63) is 46.1 Å². The summed E-state index contributed by atoms with van der Waals surface area (Å²) in [7, 11) is 6.83. The summed E-state index contributed by atoms with van der Waals surface area (Å²) in [6, 6.07) is 4.83. The van der Waals surface area contributed by atoms with Crippen molar-refractivity contribution in [1.29, 1.82) is 0 Å². The molecule has 2 N–H and O–H groups in total. The molecule has 0 aliphatic carbocycles. The molecule has 1 atom stereocenters. The van der Waals surface area contributed by atoms with Gasteiger partial charge in [0.1, 0.15) is 0 Å². The molecular formula is C18H24N6O3. The topological polar surface area (TPSA) is 95.1 Å². The molecule has 0 saturated heterocycles. The number of aryl methyl sites for hydroxylation is 4. The van der Waals surface area contributed by atoms with Crippen LogP contribution in [-0.2, 0) is 25.9 Å². The first-order valence-electron chi connectivity index (χ1n) is 8.54. The number of imidazole rings is 1. The van der Waals surface area contributed by atoms with Gasteiger partial charge in [-0.1, -0.05) is 0 Å². The normalized spacial score (nSPS) is 12.3. The Hall–Kier alpha value is -3.07. The first kappa shape index (κ1) is 18.7. The number of ether oxygens (including phenoxy) is 1. The predicted molar refractivity (Wildman–Crippen MR) is 103 cm³/mol. The van der Waals surface area contributed by atoms with Crippen molar-refractivity contribution in [2.45, 2.75) is 13.0 Å². The van der Waals surface area contributed by atoms with Crippen molar-refractivity contribution in [2.24, 2.45) is 21.1 Å². The first-order chi connectivity index (χ1) is 12.8. The molecule has 2 heterocycles. The molecule has 9 heteroatoms. The molecule has 2 amide bonds. The smallest absolute Gasteiger partial charge is 0.328 e. The molecule has 0 aliphatic heterocycles. The number of aromatic nitrogens is 4. The van der Waals surface area contributed by atoms with Gasteiger partial charge in [-0.05, 0) is 30.7 Å². The Kier molecular flexibility index (Phi) is 5.04. The molecule has 2 aromatic heterocycles. The minimum atomic E-state index is -0.360. The van der Waals surface area contributed by atoms with Gasteiger partial charge in [-0.3, -0.25) is 13.8 Å². The van der Waals surface area contributed by atoms with Crippen molar-refractivity contribution in [3.63, 3.8) is 0 Å². The van der Waals surface area contributed by atoms with E-state index in [-0.39, 0.29) is 17.8 Å². The number of rotatable bonds is 5. The number of methoxy groups -OCH3 is 1. The second kappa shape index (κ2) is 7.28. The number of hydrogen-bond donors (Lipinski definition) is 2. The van der Waals surface area contributed by atoms with E-state index in [4.69, 9.17) is 4.74 Å². The lowest BCUT2D eigenvalue weighted by molar-refractivity contribution is 0.165. The average Bonchev–Trinajstić information content (AvgIpc) is 3.13. The lowest BCUT2D eigenvalue weighted by Gasteiger charge is -2.19. The molecule has 1 aromatic carbocycles. The SMILES string of the molecule is COC[C@H](NC(=O)Nc1cc2c(cc1C)n(C)c(=O)n2C)c1ccnn1C. The van der Waals surface area contributed by atoms with E-state index >= 15 is 0 Å². The number of anilines is 1. The van der Waals surface area contributed by atoms with Crippen molar-refractivity contribution in [2.75, 3.05) is 19.0 Å². The van der Waals surface area contributed by atoms with Crippen LogP contribution >= 0.6 is 0 Å². The van der Waals surface area contributed by atoms with Gasteiger partial charge in [0.05, 0.1) is 29.4 Å². The van der Waals surface area contributed by atoms with Gasteiger partial charge in [-0.2, -0.15) is 5.10 Å². The number of nitrogens with zero attached hydrogens (tertiary/aromatic N) is 4. The maximum atomic E-state index is 12.6. The van der Waals surface area contributed by atoms with Crippen LogP contribution in [0.5, 0.6) is 0 Å². The van der Waals surface area contributed by atoms with Crippen molar-refractivity contribution >= 4 is 22.8 Å². The molecule has 0 radical (unpaired) electrons. The molecule has 3 aromatic rings. The minimum absolute atomic E-state index is 0.109. The highest BCUT2D eigenvalue weighted by Crippen LogP contribution is 2.23. The Labute approximate surface area is 156 Å². The molecule has 0 saturated carbocycles. The van der Waals surface area contributed by atoms with Gasteiger partial charge < -0.3 is 15.4 Å². The monoisotopic (exact) mass is 372 g/mol. The predicted octanol–water partition coefficient (Wildman–Crippen LogP) is 1.43. The van der Waals surface area contributed by atoms with E-state index in [0.717, 1.165) is 22.3 Å². The molecule has 9 nitrogen and oxygen atoms in total. The fourth-order valence-electron chi connectivity index (χ4n) is 3.19. The number of nitrogens with one attached hydrogen (secondary N) is 2. The maximum Gasteiger partial charge on any atom is 0.328 e. The van der Waals surface area contributed by atoms with Crippen LogP contribution in [0.3, 0.4) is 0 Å². The zero-order valence-electron chi connectivity index (χ0n) is 16.1. The number of carbonyl (C=O) groups is 1. The van der Waals surface area contributed by atoms with E-state index in [0.29, 0.717) is 12.3 Å². The number of amides is 2. The molecule has 3 rings (SSSR count). The summed E-state index contributed by atoms with van der Waals surface area (Å²) in [5.74, 6) is 0. The van der Waals surface area contributed by atoms with Gasteiger partial charge in [0.15, 0.2) is 0 Å². The number of fused-ring (bicyclic) bond motifs is 1. The molecule has 0 aliphatic rings. The van der Waals surface area contributed by atoms with Crippen LogP contribution in [0.4, 0.5) is 10.5 Å². The Morgan fingerprint density at radius 3 is 2.48 bits per heavy atom. The van der Waals surface area contributed by atoms with Crippen LogP contribution in [0, 0.1) is 6.92 Å². The minimum Gasteiger partial charge on any atom is -0.382 e. The van der Waals surface area contributed by atoms with E-state index in [1.165, 1.54) is 0 Å². The van der Waals surface area contributed by atoms with Crippen LogP contribution in [0.15, 0.2) is 29.2 Å². The Morgan fingerprint density at radius 1 is 1.22 bits per heavy atom. The Bertz CT molecular complexity index is 1050. The maximum absolute atomic E-state index is 12.6. The largest absolute Gasteiger partial charge is 0.382 e. The fraction of sp³-hybridized carbons (Fsp3) is 0.389. The zero-order chi connectivity index (χ0) is 19.7. The summed E-state index contributed by atoms with van der Waals surface area (Å²) in [6.45, 7) is 2.21. The van der Waals surface area contributed by atoms with Crippen molar-refractivity contribution in [1.82, 2.24) is 24.2 Å². The lowest BCUT2D eigenvalue weighted by atomic mass is 10.1. The van der Waals surface area contributed by atoms with E-state index in [2.05, 4.69) is 15.7 Å². The summed E-state index contributed by atoms with van der Waals surface area (Å²) in [5.41, 5.74) is 3.80. The average molecular weight is 372 g/mol. The summed E-state index contributed by atoms with van der Waals surface area (Å²) < 4.78 is 10.1. The van der Waals surface area contributed by atoms with Gasteiger partial charge in [0, 0.05) is 40.1 Å². The van der Waals surface area contributed by atoms with E-state index < -0.39 is 0 Å². The molecule has 0 bridgehead atoms. The van der Waals surface area contributed by atoms with Crippen LogP contribution in [0.25, 0.3) is 11.0 Å². The number of carbonyl (C=O) groups excluding carboxylic acids is 1. The Balaban J connectivity index is 1.85. The highest BCUT2D eigenvalue weighted by atomic mass is 16.5. The Morgan fingerprint density at radius 2 is 1.89 bits per heavy atom. The van der Waals surface area contributed by atoms with Gasteiger partial charge in [-0.15, -0.1) is 0 Å². The second-order valence-electron chi connectivity index (χ2n) is 6.54. The number of benzene rings is 1. The molecule has 27 heavy (non-hydrogen) atoms. The summed E-state index contributed by atoms with van der Waals surface area (Å²) >= 11 is 0. The van der Waals surface area contributed by atoms with Gasteiger partial charge in [0.25, 0.3) is 0 Å². The first-order valence-corrected chi connectivity index (χ1v) is 8.54. The van der Waals surface area contributed by atoms with E-state index in [9.17, 15) is 9.59 Å². The van der Waals surface area contributed by atoms with Gasteiger partial charge >= 0.3 is 11.7 Å². The van der Waals surface area contributed by atoms with E-state index in [1.54, 1.807) is 47.3 Å². The second-order valence-corrected chi connectivity index (χ2v) is 6.54. The van der Waals surface area contributed by atoms with Crippen LogP contribution in [-0.4, -0.2) is 38.7 Å². The van der Waals surface area contributed by atoms with Gasteiger partial charge in [0.2, 0.25) is 0 Å². The third kappa shape index (κ3) is 3.45. The fourth-order valence-corrected chi connectivity index (χ4v) is 3.19. The molecular weight excluding hydrogens is 348 g/mol. The lowest BCUT2D eigenvalue weighted by Crippen LogP contribution is -2.36. The van der Waals surface area contributed by atoms with E-state index in [1.807, 2.05) is 26.1 Å². The third-order valence-corrected chi connectivity index (χ3v) is 4.72. The van der Waals surface area contributed by atoms with Crippen molar-refractivity contribution < 1.29 is 9.53 Å². The van der Waals surface area contributed by atoms with Crippen molar-refractivity contribution in [3.8, 4) is 0 Å². The van der Waals surface area contributed by atoms with Crippen LogP contribution < -0.4 is 16.3 Å². The zero-order valence-corrected chi connectivity index (χ0v) is 16.1. The van der Waals surface area contributed by atoms with Gasteiger partial charge in [-0.25, -0.2) is 9.59 Å². The number of urea groups is 1. The molecule has 0 fully saturated rings. The summed E-state index contributed by atoms with van der Waals surface area (Å²) in [6.07, 6.45) is 1.67. The quantitative estimate of drug-likeness (QED) is 0.708. The highest BCUT2D eigenvalue weighted by Gasteiger charge is 2.19. The summed E-state index contributed by atoms with van der Waals surface area (Å²) in [4.78, 5) is 24.7. The molecule has 0 unspecified atom stereocenters. The standard InChI is InChI=1S/C18H24N6O3/c1-11-8-15-16(23(3)18(26)22(15)2)9-12(11)20-17(25)21-13(10-27-5)14-6-7-19-24(14)4/h6-9,13H,10H2,1-5H3,(H2,20,21,25)/t13-/m0/s1. The molecule has 144 valence electrons. The van der Waals surface area contributed by atoms with Crippen LogP contribution in [0.2, 0.25) is 0 Å².